The molecule has 5 atom stereocenters. The van der Waals surface area contributed by atoms with Gasteiger partial charge in [-0.25, -0.2) is 0 Å². The Bertz CT molecular complexity index is 682. The summed E-state index contributed by atoms with van der Waals surface area (Å²) in [5.74, 6) is -1.27. The van der Waals surface area contributed by atoms with Gasteiger partial charge in [-0.05, 0) is 55.9 Å². The van der Waals surface area contributed by atoms with Crippen molar-refractivity contribution in [2.24, 2.45) is 5.92 Å². The Morgan fingerprint density at radius 3 is 2.47 bits per heavy atom. The van der Waals surface area contributed by atoms with Gasteiger partial charge in [-0.2, -0.15) is 0 Å². The summed E-state index contributed by atoms with van der Waals surface area (Å²) in [5, 5.41) is 44.1. The number of hydrogen-bond donors (Lipinski definition) is 5. The standard InChI is InChI=1S/C23H35NO6/c1-16-10-11-20(26)23(30,15-24-21(27)8-5-9-22(28)29)14-18(13-19(25)12-16)17-6-3-2-4-7-17/h2-4,6-7,16,18-20,25-26,30H,5,8-15H2,1H3,(H,24,27)(H,28,29)/t16-,18-,19+,20-,23+/m1/s1. The van der Waals surface area contributed by atoms with E-state index in [1.54, 1.807) is 0 Å². The Morgan fingerprint density at radius 2 is 1.80 bits per heavy atom. The fourth-order valence-corrected chi connectivity index (χ4v) is 4.27. The Labute approximate surface area is 178 Å². The first-order valence-electron chi connectivity index (χ1n) is 10.8. The lowest BCUT2D eigenvalue weighted by Crippen LogP contribution is -2.52. The summed E-state index contributed by atoms with van der Waals surface area (Å²) in [4.78, 5) is 22.7. The summed E-state index contributed by atoms with van der Waals surface area (Å²) in [6, 6.07) is 9.61. The molecule has 0 aliphatic heterocycles. The summed E-state index contributed by atoms with van der Waals surface area (Å²) in [7, 11) is 0. The number of carbonyl (C=O) groups is 2. The van der Waals surface area contributed by atoms with E-state index in [0.29, 0.717) is 25.7 Å². The van der Waals surface area contributed by atoms with Crippen LogP contribution in [0.5, 0.6) is 0 Å². The lowest BCUT2D eigenvalue weighted by Gasteiger charge is -2.38. The smallest absolute Gasteiger partial charge is 0.303 e. The van der Waals surface area contributed by atoms with Gasteiger partial charge in [0.05, 0.1) is 12.2 Å². The molecule has 7 nitrogen and oxygen atoms in total. The van der Waals surface area contributed by atoms with Crippen molar-refractivity contribution >= 4 is 11.9 Å². The molecule has 0 spiro atoms. The summed E-state index contributed by atoms with van der Waals surface area (Å²) in [6.07, 6.45) is 1.03. The van der Waals surface area contributed by atoms with Crippen LogP contribution in [-0.4, -0.2) is 56.7 Å². The van der Waals surface area contributed by atoms with Gasteiger partial charge in [0.25, 0.3) is 0 Å². The normalized spacial score (nSPS) is 30.4. The topological polar surface area (TPSA) is 127 Å². The van der Waals surface area contributed by atoms with Crippen LogP contribution in [-0.2, 0) is 9.59 Å². The van der Waals surface area contributed by atoms with E-state index in [1.807, 2.05) is 37.3 Å². The van der Waals surface area contributed by atoms with Gasteiger partial charge in [0.15, 0.2) is 0 Å². The number of hydrogen-bond acceptors (Lipinski definition) is 5. The minimum absolute atomic E-state index is 0.0519. The first-order chi connectivity index (χ1) is 14.2. The Hall–Kier alpha value is -1.96. The Morgan fingerprint density at radius 1 is 1.10 bits per heavy atom. The maximum absolute atomic E-state index is 12.1. The summed E-state index contributed by atoms with van der Waals surface area (Å²) < 4.78 is 0. The van der Waals surface area contributed by atoms with Crippen LogP contribution in [0.2, 0.25) is 0 Å². The van der Waals surface area contributed by atoms with E-state index in [9.17, 15) is 24.9 Å². The van der Waals surface area contributed by atoms with Crippen LogP contribution < -0.4 is 5.32 Å². The second-order valence-corrected chi connectivity index (χ2v) is 8.76. The molecule has 0 saturated heterocycles. The molecule has 1 aromatic rings. The summed E-state index contributed by atoms with van der Waals surface area (Å²) in [6.45, 7) is 1.91. The zero-order valence-electron chi connectivity index (χ0n) is 17.7. The predicted octanol–water partition coefficient (Wildman–Crippen LogP) is 2.19. The molecule has 1 saturated carbocycles. The lowest BCUT2D eigenvalue weighted by atomic mass is 9.76. The minimum Gasteiger partial charge on any atom is -0.481 e. The van der Waals surface area contributed by atoms with Gasteiger partial charge in [-0.15, -0.1) is 0 Å². The zero-order chi connectivity index (χ0) is 22.1. The molecule has 0 unspecified atom stereocenters. The van der Waals surface area contributed by atoms with E-state index >= 15 is 0 Å². The molecule has 7 heteroatoms. The number of benzene rings is 1. The number of nitrogens with one attached hydrogen (secondary N) is 1. The average Bonchev–Trinajstić information content (AvgIpc) is 2.69. The van der Waals surface area contributed by atoms with Gasteiger partial charge >= 0.3 is 5.97 Å². The van der Waals surface area contributed by atoms with Crippen molar-refractivity contribution in [1.82, 2.24) is 5.32 Å². The van der Waals surface area contributed by atoms with Crippen molar-refractivity contribution in [1.29, 1.82) is 0 Å². The number of carbonyl (C=O) groups excluding carboxylic acids is 1. The SMILES string of the molecule is C[C@@H]1CC[C@@H](O)[C@@](O)(CNC(=O)CCCC(=O)O)C[C@H](c2ccccc2)C[C@@H](O)C1. The second kappa shape index (κ2) is 11.4. The fourth-order valence-electron chi connectivity index (χ4n) is 4.27. The quantitative estimate of drug-likeness (QED) is 0.459. The number of carboxylic acids is 1. The molecule has 2 rings (SSSR count). The van der Waals surface area contributed by atoms with Crippen molar-refractivity contribution in [3.63, 3.8) is 0 Å². The molecule has 1 aromatic carbocycles. The van der Waals surface area contributed by atoms with Crippen LogP contribution in [0.25, 0.3) is 0 Å². The monoisotopic (exact) mass is 421 g/mol. The van der Waals surface area contributed by atoms with Crippen LogP contribution in [0, 0.1) is 5.92 Å². The molecule has 1 aliphatic rings. The second-order valence-electron chi connectivity index (χ2n) is 8.76. The Balaban J connectivity index is 2.14. The van der Waals surface area contributed by atoms with E-state index in [2.05, 4.69) is 5.32 Å². The predicted molar refractivity (Wildman–Crippen MR) is 113 cm³/mol. The van der Waals surface area contributed by atoms with Crippen LogP contribution in [0.1, 0.15) is 69.8 Å². The van der Waals surface area contributed by atoms with Crippen molar-refractivity contribution in [2.45, 2.75) is 82.0 Å². The van der Waals surface area contributed by atoms with Gasteiger partial charge in [-0.1, -0.05) is 37.3 Å². The van der Waals surface area contributed by atoms with Crippen LogP contribution in [0.3, 0.4) is 0 Å². The molecule has 1 aliphatic carbocycles. The van der Waals surface area contributed by atoms with E-state index < -0.39 is 23.8 Å². The average molecular weight is 422 g/mol. The maximum Gasteiger partial charge on any atom is 0.303 e. The highest BCUT2D eigenvalue weighted by molar-refractivity contribution is 5.76. The fraction of sp³-hybridized carbons (Fsp3) is 0.652. The van der Waals surface area contributed by atoms with Crippen molar-refractivity contribution in [3.8, 4) is 0 Å². The lowest BCUT2D eigenvalue weighted by molar-refractivity contribution is -0.137. The molecule has 168 valence electrons. The third-order valence-corrected chi connectivity index (χ3v) is 6.04. The highest BCUT2D eigenvalue weighted by Crippen LogP contribution is 2.36. The number of aliphatic hydroxyl groups is 3. The first kappa shape index (κ1) is 24.3. The third-order valence-electron chi connectivity index (χ3n) is 6.04. The number of amides is 1. The van der Waals surface area contributed by atoms with Crippen LogP contribution in [0.15, 0.2) is 30.3 Å². The zero-order valence-corrected chi connectivity index (χ0v) is 17.7. The minimum atomic E-state index is -1.54. The molecular formula is C23H35NO6. The molecule has 1 fully saturated rings. The van der Waals surface area contributed by atoms with E-state index in [-0.39, 0.29) is 50.0 Å². The highest BCUT2D eigenvalue weighted by Gasteiger charge is 2.40. The number of aliphatic carboxylic acids is 1. The molecule has 5 N–H and O–H groups in total. The van der Waals surface area contributed by atoms with Gasteiger partial charge in [-0.3, -0.25) is 9.59 Å². The number of rotatable bonds is 7. The molecule has 0 radical (unpaired) electrons. The number of carboxylic acid groups (broad SMARTS) is 1. The Kier molecular flexibility index (Phi) is 9.27. The van der Waals surface area contributed by atoms with Gasteiger partial charge in [0, 0.05) is 19.4 Å². The van der Waals surface area contributed by atoms with Gasteiger partial charge < -0.3 is 25.7 Å². The van der Waals surface area contributed by atoms with Crippen LogP contribution in [0.4, 0.5) is 0 Å². The largest absolute Gasteiger partial charge is 0.481 e. The molecule has 0 bridgehead atoms. The van der Waals surface area contributed by atoms with E-state index in [0.717, 1.165) is 5.56 Å². The molecular weight excluding hydrogens is 386 g/mol. The molecule has 0 heterocycles. The maximum atomic E-state index is 12.1. The van der Waals surface area contributed by atoms with E-state index in [4.69, 9.17) is 5.11 Å². The van der Waals surface area contributed by atoms with Gasteiger partial charge in [0.1, 0.15) is 5.60 Å². The first-order valence-corrected chi connectivity index (χ1v) is 10.8. The van der Waals surface area contributed by atoms with E-state index in [1.165, 1.54) is 0 Å². The van der Waals surface area contributed by atoms with Crippen molar-refractivity contribution in [3.05, 3.63) is 35.9 Å². The highest BCUT2D eigenvalue weighted by atomic mass is 16.4. The molecule has 30 heavy (non-hydrogen) atoms. The van der Waals surface area contributed by atoms with Crippen molar-refractivity contribution < 1.29 is 30.0 Å². The van der Waals surface area contributed by atoms with Crippen LogP contribution >= 0.6 is 0 Å². The summed E-state index contributed by atoms with van der Waals surface area (Å²) in [5.41, 5.74) is -0.567. The third kappa shape index (κ3) is 7.70. The summed E-state index contributed by atoms with van der Waals surface area (Å²) >= 11 is 0. The van der Waals surface area contributed by atoms with Gasteiger partial charge in [0.2, 0.25) is 5.91 Å². The van der Waals surface area contributed by atoms with Crippen molar-refractivity contribution in [2.75, 3.05) is 6.54 Å². The molecule has 1 amide bonds. The molecule has 0 aromatic heterocycles. The number of aliphatic hydroxyl groups excluding tert-OH is 2.